The lowest BCUT2D eigenvalue weighted by Gasteiger charge is -2.14. The zero-order valence-corrected chi connectivity index (χ0v) is 9.04. The Labute approximate surface area is 93.2 Å². The summed E-state index contributed by atoms with van der Waals surface area (Å²) in [6.45, 7) is 0. The zero-order valence-electron chi connectivity index (χ0n) is 8.28. The Morgan fingerprint density at radius 1 is 1.27 bits per heavy atom. The molecule has 0 spiro atoms. The third-order valence-electron chi connectivity index (χ3n) is 3.31. The Morgan fingerprint density at radius 2 is 2.00 bits per heavy atom. The Morgan fingerprint density at radius 3 is 2.67 bits per heavy atom. The van der Waals surface area contributed by atoms with Crippen molar-refractivity contribution in [3.05, 3.63) is 11.2 Å². The smallest absolute Gasteiger partial charge is 0.223 e. The van der Waals surface area contributed by atoms with Gasteiger partial charge in [0.05, 0.1) is 0 Å². The first-order valence-electron chi connectivity index (χ1n) is 5.27. The molecule has 1 aromatic heterocycles. The first-order valence-corrected chi connectivity index (χ1v) is 5.65. The summed E-state index contributed by atoms with van der Waals surface area (Å²) in [5.74, 6) is 2.89. The molecule has 5 heteroatoms. The molecule has 0 radical (unpaired) electrons. The summed E-state index contributed by atoms with van der Waals surface area (Å²) in [7, 11) is 0. The van der Waals surface area contributed by atoms with Gasteiger partial charge in [-0.3, -0.25) is 0 Å². The molecule has 2 fully saturated rings. The fraction of sp³-hybridized carbons (Fsp3) is 0.600. The van der Waals surface area contributed by atoms with E-state index in [-0.39, 0.29) is 5.95 Å². The Bertz CT molecular complexity index is 365. The second kappa shape index (κ2) is 3.23. The Kier molecular flexibility index (Phi) is 1.99. The van der Waals surface area contributed by atoms with Gasteiger partial charge in [0.2, 0.25) is 5.95 Å². The molecule has 0 aromatic carbocycles. The maximum Gasteiger partial charge on any atom is 0.223 e. The third kappa shape index (κ3) is 1.86. The Hall–Kier alpha value is -1.03. The van der Waals surface area contributed by atoms with Crippen LogP contribution in [0.4, 0.5) is 11.8 Å². The van der Waals surface area contributed by atoms with E-state index in [1.165, 1.54) is 19.3 Å². The molecule has 0 bridgehead atoms. The average molecular weight is 225 g/mol. The van der Waals surface area contributed by atoms with E-state index < -0.39 is 0 Å². The van der Waals surface area contributed by atoms with Gasteiger partial charge < -0.3 is 11.1 Å². The molecular weight excluding hydrogens is 212 g/mol. The molecule has 0 saturated heterocycles. The van der Waals surface area contributed by atoms with Crippen molar-refractivity contribution in [2.75, 3.05) is 11.1 Å². The number of fused-ring (bicyclic) bond motifs is 1. The van der Waals surface area contributed by atoms with E-state index in [1.54, 1.807) is 6.07 Å². The lowest BCUT2D eigenvalue weighted by atomic mass is 10.1. The fourth-order valence-electron chi connectivity index (χ4n) is 2.55. The fourth-order valence-corrected chi connectivity index (χ4v) is 2.74. The number of nitrogens with one attached hydrogen (secondary N) is 1. The number of nitrogens with two attached hydrogens (primary N) is 1. The van der Waals surface area contributed by atoms with E-state index in [9.17, 15) is 0 Å². The Balaban J connectivity index is 1.70. The van der Waals surface area contributed by atoms with E-state index >= 15 is 0 Å². The molecule has 2 unspecified atom stereocenters. The summed E-state index contributed by atoms with van der Waals surface area (Å²) in [6, 6.07) is 2.26. The first-order chi connectivity index (χ1) is 7.20. The molecule has 0 aliphatic heterocycles. The quantitative estimate of drug-likeness (QED) is 0.754. The molecule has 15 heavy (non-hydrogen) atoms. The number of hydrogen-bond donors (Lipinski definition) is 2. The van der Waals surface area contributed by atoms with Crippen LogP contribution < -0.4 is 11.1 Å². The highest BCUT2D eigenvalue weighted by Crippen LogP contribution is 2.52. The largest absolute Gasteiger partial charge is 0.368 e. The second-order valence-electron chi connectivity index (χ2n) is 4.50. The van der Waals surface area contributed by atoms with Crippen LogP contribution in [-0.4, -0.2) is 16.0 Å². The van der Waals surface area contributed by atoms with Gasteiger partial charge in [-0.15, -0.1) is 0 Å². The van der Waals surface area contributed by atoms with Crippen molar-refractivity contribution < 1.29 is 0 Å². The van der Waals surface area contributed by atoms with Crippen LogP contribution in [0.25, 0.3) is 0 Å². The van der Waals surface area contributed by atoms with Gasteiger partial charge in [-0.2, -0.15) is 4.98 Å². The van der Waals surface area contributed by atoms with Gasteiger partial charge in [-0.05, 0) is 31.1 Å². The summed E-state index contributed by atoms with van der Waals surface area (Å²) in [5, 5.41) is 3.76. The van der Waals surface area contributed by atoms with Crippen molar-refractivity contribution >= 4 is 23.4 Å². The van der Waals surface area contributed by atoms with E-state index in [0.717, 1.165) is 17.7 Å². The molecule has 2 aliphatic carbocycles. The standard InChI is InChI=1S/C10H13ClN4/c11-8-4-9(15-10(12)14-8)13-7-2-5-1-6(5)3-7/h4-7H,1-3H2,(H3,12,13,14,15). The minimum absolute atomic E-state index is 0.230. The number of aromatic nitrogens is 2. The molecule has 3 N–H and O–H groups in total. The highest BCUT2D eigenvalue weighted by atomic mass is 35.5. The number of halogens is 1. The van der Waals surface area contributed by atoms with E-state index in [1.807, 2.05) is 0 Å². The van der Waals surface area contributed by atoms with Crippen LogP contribution in [0, 0.1) is 11.8 Å². The molecule has 2 aliphatic rings. The molecule has 2 saturated carbocycles. The average Bonchev–Trinajstić information content (AvgIpc) is 2.72. The monoisotopic (exact) mass is 224 g/mol. The number of nitrogen functional groups attached to an aromatic ring is 1. The lowest BCUT2D eigenvalue weighted by molar-refractivity contribution is 0.649. The molecule has 3 rings (SSSR count). The molecule has 1 heterocycles. The normalized spacial score (nSPS) is 32.5. The summed E-state index contributed by atoms with van der Waals surface area (Å²) in [4.78, 5) is 7.93. The van der Waals surface area contributed by atoms with Crippen molar-refractivity contribution in [1.29, 1.82) is 0 Å². The van der Waals surface area contributed by atoms with Gasteiger partial charge in [0, 0.05) is 12.1 Å². The van der Waals surface area contributed by atoms with Gasteiger partial charge in [0.1, 0.15) is 11.0 Å². The maximum atomic E-state index is 5.80. The summed E-state index contributed by atoms with van der Waals surface area (Å²) >= 11 is 5.80. The molecule has 2 atom stereocenters. The highest BCUT2D eigenvalue weighted by molar-refractivity contribution is 6.29. The SMILES string of the molecule is Nc1nc(Cl)cc(NC2CC3CC3C2)n1. The minimum Gasteiger partial charge on any atom is -0.368 e. The second-order valence-corrected chi connectivity index (χ2v) is 4.89. The van der Waals surface area contributed by atoms with Gasteiger partial charge >= 0.3 is 0 Å². The molecule has 80 valence electrons. The zero-order chi connectivity index (χ0) is 10.4. The van der Waals surface area contributed by atoms with Crippen LogP contribution >= 0.6 is 11.6 Å². The maximum absolute atomic E-state index is 5.80. The molecule has 1 aromatic rings. The van der Waals surface area contributed by atoms with Crippen LogP contribution in [0.5, 0.6) is 0 Å². The van der Waals surface area contributed by atoms with Crippen molar-refractivity contribution in [3.8, 4) is 0 Å². The molecule has 4 nitrogen and oxygen atoms in total. The summed E-state index contributed by atoms with van der Waals surface area (Å²) in [5.41, 5.74) is 5.52. The molecule has 0 amide bonds. The topological polar surface area (TPSA) is 63.8 Å². The summed E-state index contributed by atoms with van der Waals surface area (Å²) < 4.78 is 0. The highest BCUT2D eigenvalue weighted by Gasteiger charge is 2.45. The molecular formula is C10H13ClN4. The number of anilines is 2. The van der Waals surface area contributed by atoms with E-state index in [0.29, 0.717) is 11.2 Å². The van der Waals surface area contributed by atoms with Crippen LogP contribution in [0.15, 0.2) is 6.07 Å². The van der Waals surface area contributed by atoms with Gasteiger partial charge in [0.25, 0.3) is 0 Å². The predicted molar refractivity (Wildman–Crippen MR) is 59.7 cm³/mol. The number of rotatable bonds is 2. The van der Waals surface area contributed by atoms with Gasteiger partial charge in [0.15, 0.2) is 0 Å². The van der Waals surface area contributed by atoms with Crippen LogP contribution in [-0.2, 0) is 0 Å². The van der Waals surface area contributed by atoms with Crippen molar-refractivity contribution in [2.24, 2.45) is 11.8 Å². The first kappa shape index (κ1) is 9.21. The predicted octanol–water partition coefficient (Wildman–Crippen LogP) is 1.92. The van der Waals surface area contributed by atoms with Crippen molar-refractivity contribution in [1.82, 2.24) is 9.97 Å². The van der Waals surface area contributed by atoms with E-state index in [2.05, 4.69) is 15.3 Å². The minimum atomic E-state index is 0.230. The van der Waals surface area contributed by atoms with E-state index in [4.69, 9.17) is 17.3 Å². The van der Waals surface area contributed by atoms with Crippen molar-refractivity contribution in [2.45, 2.75) is 25.3 Å². The van der Waals surface area contributed by atoms with Gasteiger partial charge in [-0.1, -0.05) is 11.6 Å². The number of nitrogens with zero attached hydrogens (tertiary/aromatic N) is 2. The summed E-state index contributed by atoms with van der Waals surface area (Å²) in [6.07, 6.45) is 3.93. The van der Waals surface area contributed by atoms with Crippen LogP contribution in [0.2, 0.25) is 5.15 Å². The van der Waals surface area contributed by atoms with Crippen molar-refractivity contribution in [3.63, 3.8) is 0 Å². The van der Waals surface area contributed by atoms with Crippen LogP contribution in [0.1, 0.15) is 19.3 Å². The van der Waals surface area contributed by atoms with Crippen LogP contribution in [0.3, 0.4) is 0 Å². The lowest BCUT2D eigenvalue weighted by Crippen LogP contribution is -2.18. The van der Waals surface area contributed by atoms with Gasteiger partial charge in [-0.25, -0.2) is 4.98 Å². The third-order valence-corrected chi connectivity index (χ3v) is 3.50. The number of hydrogen-bond acceptors (Lipinski definition) is 4.